The van der Waals surface area contributed by atoms with E-state index in [-0.39, 0.29) is 23.4 Å². The third-order valence-corrected chi connectivity index (χ3v) is 5.36. The van der Waals surface area contributed by atoms with Crippen molar-refractivity contribution in [2.45, 2.75) is 38.6 Å². The van der Waals surface area contributed by atoms with Gasteiger partial charge in [0.15, 0.2) is 0 Å². The molecule has 7 nitrogen and oxygen atoms in total. The number of aromatic amines is 1. The zero-order chi connectivity index (χ0) is 19.7. The first kappa shape index (κ1) is 18.4. The molecular weight excluding hydrogens is 356 g/mol. The number of piperidine rings is 1. The van der Waals surface area contributed by atoms with Crippen molar-refractivity contribution in [2.75, 3.05) is 13.1 Å². The molecule has 4 rings (SSSR count). The Bertz CT molecular complexity index is 947. The zero-order valence-electron chi connectivity index (χ0n) is 15.9. The average Bonchev–Trinajstić information content (AvgIpc) is 3.53. The molecule has 2 heterocycles. The van der Waals surface area contributed by atoms with Gasteiger partial charge in [0.2, 0.25) is 5.91 Å². The number of amides is 2. The smallest absolute Gasteiger partial charge is 0.264 e. The fourth-order valence-corrected chi connectivity index (χ4v) is 3.56. The van der Waals surface area contributed by atoms with Crippen molar-refractivity contribution < 1.29 is 9.59 Å². The molecule has 2 N–H and O–H groups in total. The molecule has 28 heavy (non-hydrogen) atoms. The highest BCUT2D eigenvalue weighted by molar-refractivity contribution is 5.94. The highest BCUT2D eigenvalue weighted by Gasteiger charge is 2.35. The van der Waals surface area contributed by atoms with E-state index in [1.165, 1.54) is 6.20 Å². The summed E-state index contributed by atoms with van der Waals surface area (Å²) in [7, 11) is 0. The Labute approximate surface area is 163 Å². The van der Waals surface area contributed by atoms with Gasteiger partial charge in [-0.2, -0.15) is 0 Å². The van der Waals surface area contributed by atoms with E-state index < -0.39 is 11.5 Å². The Kier molecular flexibility index (Phi) is 4.98. The van der Waals surface area contributed by atoms with Crippen molar-refractivity contribution >= 4 is 11.8 Å². The zero-order valence-corrected chi connectivity index (χ0v) is 15.9. The highest BCUT2D eigenvalue weighted by Crippen LogP contribution is 2.31. The monoisotopic (exact) mass is 380 g/mol. The molecule has 0 spiro atoms. The summed E-state index contributed by atoms with van der Waals surface area (Å²) in [5.41, 5.74) is 1.42. The summed E-state index contributed by atoms with van der Waals surface area (Å²) in [6, 6.07) is 7.49. The molecule has 1 saturated heterocycles. The molecule has 2 fully saturated rings. The van der Waals surface area contributed by atoms with E-state index in [0.717, 1.165) is 43.4 Å². The molecule has 1 unspecified atom stereocenters. The lowest BCUT2D eigenvalue weighted by Crippen LogP contribution is -2.50. The Hall–Kier alpha value is -2.96. The molecule has 7 heteroatoms. The van der Waals surface area contributed by atoms with Crippen molar-refractivity contribution in [3.05, 3.63) is 51.9 Å². The number of aromatic nitrogens is 2. The number of likely N-dealkylation sites (tertiary alicyclic amines) is 1. The number of nitrogens with zero attached hydrogens (tertiary/aromatic N) is 2. The second-order valence-corrected chi connectivity index (χ2v) is 7.71. The van der Waals surface area contributed by atoms with Crippen LogP contribution in [0.3, 0.4) is 0 Å². The molecule has 1 aromatic carbocycles. The lowest BCUT2D eigenvalue weighted by Gasteiger charge is -2.33. The fraction of sp³-hybridized carbons (Fsp3) is 0.429. The minimum Gasteiger partial charge on any atom is -0.347 e. The van der Waals surface area contributed by atoms with Gasteiger partial charge in [-0.1, -0.05) is 29.8 Å². The first-order valence-electron chi connectivity index (χ1n) is 9.77. The molecule has 2 aliphatic rings. The van der Waals surface area contributed by atoms with Gasteiger partial charge in [0, 0.05) is 36.8 Å². The molecular formula is C21H24N4O3. The van der Waals surface area contributed by atoms with Crippen molar-refractivity contribution in [2.24, 2.45) is 5.92 Å². The number of H-pyrrole nitrogens is 1. The Morgan fingerprint density at radius 3 is 2.61 bits per heavy atom. The van der Waals surface area contributed by atoms with Gasteiger partial charge < -0.3 is 15.2 Å². The van der Waals surface area contributed by atoms with Crippen LogP contribution >= 0.6 is 0 Å². The number of hydrogen-bond acceptors (Lipinski definition) is 4. The number of carbonyl (C=O) groups excluding carboxylic acids is 2. The van der Waals surface area contributed by atoms with Crippen LogP contribution in [0.2, 0.25) is 0 Å². The van der Waals surface area contributed by atoms with Crippen LogP contribution in [0.25, 0.3) is 11.4 Å². The molecule has 1 atom stereocenters. The van der Waals surface area contributed by atoms with E-state index in [0.29, 0.717) is 12.4 Å². The van der Waals surface area contributed by atoms with Crippen molar-refractivity contribution in [3.8, 4) is 11.4 Å². The molecule has 1 aliphatic heterocycles. The molecule has 0 radical (unpaired) electrons. The number of nitrogens with one attached hydrogen (secondary N) is 2. The number of rotatable bonds is 4. The molecule has 2 aromatic rings. The van der Waals surface area contributed by atoms with Crippen LogP contribution in [-0.4, -0.2) is 45.8 Å². The van der Waals surface area contributed by atoms with Gasteiger partial charge in [-0.15, -0.1) is 0 Å². The molecule has 1 aromatic heterocycles. The molecule has 2 amide bonds. The number of carbonyl (C=O) groups is 2. The maximum Gasteiger partial charge on any atom is 0.264 e. The predicted octanol–water partition coefficient (Wildman–Crippen LogP) is 1.88. The first-order chi connectivity index (χ1) is 13.5. The van der Waals surface area contributed by atoms with E-state index >= 15 is 0 Å². The lowest BCUT2D eigenvalue weighted by atomic mass is 10.0. The maximum absolute atomic E-state index is 12.6. The third-order valence-electron chi connectivity index (χ3n) is 5.36. The van der Waals surface area contributed by atoms with Gasteiger partial charge >= 0.3 is 0 Å². The Morgan fingerprint density at radius 1 is 1.18 bits per heavy atom. The highest BCUT2D eigenvalue weighted by atomic mass is 16.2. The minimum absolute atomic E-state index is 0.0125. The number of hydrogen-bond donors (Lipinski definition) is 2. The average molecular weight is 380 g/mol. The van der Waals surface area contributed by atoms with Crippen LogP contribution < -0.4 is 10.9 Å². The molecule has 1 aliphatic carbocycles. The fourth-order valence-electron chi connectivity index (χ4n) is 3.56. The summed E-state index contributed by atoms with van der Waals surface area (Å²) in [5.74, 6) is 0.354. The first-order valence-corrected chi connectivity index (χ1v) is 9.77. The Balaban J connectivity index is 1.43. The van der Waals surface area contributed by atoms with Gasteiger partial charge in [-0.05, 0) is 32.6 Å². The summed E-state index contributed by atoms with van der Waals surface area (Å²) in [6.45, 7) is 3.24. The number of aryl methyl sites for hydroxylation is 1. The molecule has 146 valence electrons. The van der Waals surface area contributed by atoms with E-state index in [9.17, 15) is 14.4 Å². The summed E-state index contributed by atoms with van der Waals surface area (Å²) >= 11 is 0. The van der Waals surface area contributed by atoms with Crippen LogP contribution in [-0.2, 0) is 4.79 Å². The van der Waals surface area contributed by atoms with E-state index in [1.807, 2.05) is 36.1 Å². The van der Waals surface area contributed by atoms with Crippen LogP contribution in [0.15, 0.2) is 35.3 Å². The third kappa shape index (κ3) is 3.98. The predicted molar refractivity (Wildman–Crippen MR) is 105 cm³/mol. The standard InChI is InChI=1S/C21H24N4O3/c1-13-4-6-14(7-5-13)18-22-11-17(20(27)24-18)19(26)23-16-3-2-10-25(12-16)21(28)15-8-9-15/h4-7,11,15-16H,2-3,8-10,12H2,1H3,(H,23,26)(H,22,24,27). The summed E-state index contributed by atoms with van der Waals surface area (Å²) in [4.78, 5) is 46.0. The van der Waals surface area contributed by atoms with Crippen LogP contribution in [0.5, 0.6) is 0 Å². The lowest BCUT2D eigenvalue weighted by molar-refractivity contribution is -0.133. The van der Waals surface area contributed by atoms with Gasteiger partial charge in [-0.3, -0.25) is 14.4 Å². The van der Waals surface area contributed by atoms with E-state index in [4.69, 9.17) is 0 Å². The Morgan fingerprint density at radius 2 is 1.93 bits per heavy atom. The second-order valence-electron chi connectivity index (χ2n) is 7.71. The van der Waals surface area contributed by atoms with E-state index in [1.54, 1.807) is 0 Å². The maximum atomic E-state index is 12.6. The summed E-state index contributed by atoms with van der Waals surface area (Å²) in [5, 5.41) is 2.89. The van der Waals surface area contributed by atoms with Crippen LogP contribution in [0.4, 0.5) is 0 Å². The van der Waals surface area contributed by atoms with Crippen molar-refractivity contribution in [1.29, 1.82) is 0 Å². The largest absolute Gasteiger partial charge is 0.347 e. The normalized spacial score (nSPS) is 19.3. The topological polar surface area (TPSA) is 95.2 Å². The summed E-state index contributed by atoms with van der Waals surface area (Å²) in [6.07, 6.45) is 4.91. The quantitative estimate of drug-likeness (QED) is 0.847. The van der Waals surface area contributed by atoms with Gasteiger partial charge in [0.05, 0.1) is 0 Å². The molecule has 1 saturated carbocycles. The van der Waals surface area contributed by atoms with Crippen molar-refractivity contribution in [1.82, 2.24) is 20.2 Å². The SMILES string of the molecule is Cc1ccc(-c2ncc(C(=O)NC3CCCN(C(=O)C4CC4)C3)c(=O)[nH]2)cc1. The molecule has 0 bridgehead atoms. The second kappa shape index (κ2) is 7.58. The van der Waals surface area contributed by atoms with Gasteiger partial charge in [0.1, 0.15) is 11.4 Å². The minimum atomic E-state index is -0.468. The van der Waals surface area contributed by atoms with Crippen LogP contribution in [0, 0.1) is 12.8 Å². The van der Waals surface area contributed by atoms with Gasteiger partial charge in [-0.25, -0.2) is 4.98 Å². The number of benzene rings is 1. The van der Waals surface area contributed by atoms with Gasteiger partial charge in [0.25, 0.3) is 11.5 Å². The van der Waals surface area contributed by atoms with Crippen molar-refractivity contribution in [3.63, 3.8) is 0 Å². The van der Waals surface area contributed by atoms with Crippen LogP contribution in [0.1, 0.15) is 41.6 Å². The van der Waals surface area contributed by atoms with E-state index in [2.05, 4.69) is 15.3 Å². The summed E-state index contributed by atoms with van der Waals surface area (Å²) < 4.78 is 0.